The van der Waals surface area contributed by atoms with Crippen LogP contribution in [0.4, 0.5) is 5.13 Å². The van der Waals surface area contributed by atoms with Gasteiger partial charge in [-0.2, -0.15) is 0 Å². The summed E-state index contributed by atoms with van der Waals surface area (Å²) in [5.74, 6) is 0.996. The van der Waals surface area contributed by atoms with E-state index in [2.05, 4.69) is 38.3 Å². The lowest BCUT2D eigenvalue weighted by Crippen LogP contribution is -2.32. The average molecular weight is 398 g/mol. The van der Waals surface area contributed by atoms with Crippen LogP contribution in [0.5, 0.6) is 0 Å². The SMILES string of the molecule is CCC(=O)N(c1nnc(SCc2ccc(Br)cc2)s1)C1CC1. The zero-order chi connectivity index (χ0) is 15.5. The Hall–Kier alpha value is -0.920. The number of aromatic nitrogens is 2. The molecule has 1 aromatic carbocycles. The van der Waals surface area contributed by atoms with Gasteiger partial charge in [-0.1, -0.05) is 58.1 Å². The van der Waals surface area contributed by atoms with E-state index in [1.54, 1.807) is 11.8 Å². The molecule has 0 aliphatic heterocycles. The smallest absolute Gasteiger partial charge is 0.228 e. The first-order valence-electron chi connectivity index (χ1n) is 7.20. The maximum atomic E-state index is 12.1. The molecular formula is C15H16BrN3OS2. The zero-order valence-corrected chi connectivity index (χ0v) is 15.4. The standard InChI is InChI=1S/C15H16BrN3OS2/c1-2-13(20)19(12-7-8-12)14-17-18-15(22-14)21-9-10-3-5-11(16)6-4-10/h3-6,12H,2,7-9H2,1H3. The number of carbonyl (C=O) groups is 1. The monoisotopic (exact) mass is 397 g/mol. The van der Waals surface area contributed by atoms with Crippen LogP contribution in [0.1, 0.15) is 31.7 Å². The highest BCUT2D eigenvalue weighted by atomic mass is 79.9. The molecule has 22 heavy (non-hydrogen) atoms. The van der Waals surface area contributed by atoms with Crippen LogP contribution in [-0.4, -0.2) is 22.1 Å². The Balaban J connectivity index is 1.65. The number of rotatable bonds is 6. The maximum absolute atomic E-state index is 12.1. The topological polar surface area (TPSA) is 46.1 Å². The molecule has 0 atom stereocenters. The van der Waals surface area contributed by atoms with Crippen molar-refractivity contribution >= 4 is 50.1 Å². The van der Waals surface area contributed by atoms with Crippen LogP contribution < -0.4 is 4.90 Å². The first-order chi connectivity index (χ1) is 10.7. The number of carbonyl (C=O) groups excluding carboxylic acids is 1. The highest BCUT2D eigenvalue weighted by Gasteiger charge is 2.35. The van der Waals surface area contributed by atoms with Gasteiger partial charge in [0.05, 0.1) is 0 Å². The van der Waals surface area contributed by atoms with Crippen molar-refractivity contribution in [1.29, 1.82) is 0 Å². The van der Waals surface area contributed by atoms with Gasteiger partial charge in [0.1, 0.15) is 0 Å². The van der Waals surface area contributed by atoms with Crippen molar-refractivity contribution in [2.75, 3.05) is 4.90 Å². The Morgan fingerprint density at radius 2 is 2.09 bits per heavy atom. The summed E-state index contributed by atoms with van der Waals surface area (Å²) in [5.41, 5.74) is 1.24. The van der Waals surface area contributed by atoms with Crippen LogP contribution in [0, 0.1) is 0 Å². The fourth-order valence-corrected chi connectivity index (χ4v) is 4.20. The van der Waals surface area contributed by atoms with E-state index in [0.29, 0.717) is 12.5 Å². The number of amides is 1. The molecule has 3 rings (SSSR count). The molecule has 1 heterocycles. The van der Waals surface area contributed by atoms with Crippen LogP contribution in [0.2, 0.25) is 0 Å². The third-order valence-corrected chi connectivity index (χ3v) is 6.02. The molecule has 0 saturated heterocycles. The Morgan fingerprint density at radius 1 is 1.36 bits per heavy atom. The Kier molecular flexibility index (Phi) is 5.15. The number of nitrogens with zero attached hydrogens (tertiary/aromatic N) is 3. The molecule has 1 aliphatic rings. The minimum atomic E-state index is 0.142. The molecule has 1 amide bonds. The van der Waals surface area contributed by atoms with Crippen LogP contribution in [0.25, 0.3) is 0 Å². The average Bonchev–Trinajstić information content (AvgIpc) is 3.25. The van der Waals surface area contributed by atoms with Crippen molar-refractivity contribution in [2.45, 2.75) is 42.3 Å². The summed E-state index contributed by atoms with van der Waals surface area (Å²) in [7, 11) is 0. The van der Waals surface area contributed by atoms with Crippen molar-refractivity contribution in [3.05, 3.63) is 34.3 Å². The summed E-state index contributed by atoms with van der Waals surface area (Å²) in [5, 5.41) is 9.19. The minimum absolute atomic E-state index is 0.142. The maximum Gasteiger partial charge on any atom is 0.228 e. The number of halogens is 1. The molecule has 0 radical (unpaired) electrons. The number of thioether (sulfide) groups is 1. The predicted octanol–water partition coefficient (Wildman–Crippen LogP) is 4.50. The molecule has 0 bridgehead atoms. The Bertz CT molecular complexity index is 655. The van der Waals surface area contributed by atoms with Gasteiger partial charge in [0.25, 0.3) is 0 Å². The van der Waals surface area contributed by atoms with Gasteiger partial charge in [-0.25, -0.2) is 0 Å². The molecule has 4 nitrogen and oxygen atoms in total. The quantitative estimate of drug-likeness (QED) is 0.531. The largest absolute Gasteiger partial charge is 0.284 e. The van der Waals surface area contributed by atoms with Gasteiger partial charge < -0.3 is 0 Å². The fourth-order valence-electron chi connectivity index (χ4n) is 2.05. The summed E-state index contributed by atoms with van der Waals surface area (Å²) in [4.78, 5) is 13.9. The second-order valence-corrected chi connectivity index (χ2v) is 8.21. The normalized spacial score (nSPS) is 14.1. The van der Waals surface area contributed by atoms with Gasteiger partial charge in [0.2, 0.25) is 11.0 Å². The van der Waals surface area contributed by atoms with E-state index >= 15 is 0 Å². The zero-order valence-electron chi connectivity index (χ0n) is 12.2. The summed E-state index contributed by atoms with van der Waals surface area (Å²) < 4.78 is 1.99. The van der Waals surface area contributed by atoms with Gasteiger partial charge >= 0.3 is 0 Å². The van der Waals surface area contributed by atoms with Crippen molar-refractivity contribution in [1.82, 2.24) is 10.2 Å². The second kappa shape index (κ2) is 7.10. The van der Waals surface area contributed by atoms with E-state index in [9.17, 15) is 4.79 Å². The highest BCUT2D eigenvalue weighted by Crippen LogP contribution is 2.36. The van der Waals surface area contributed by atoms with Crippen molar-refractivity contribution in [2.24, 2.45) is 0 Å². The lowest BCUT2D eigenvalue weighted by molar-refractivity contribution is -0.118. The van der Waals surface area contributed by atoms with Gasteiger partial charge in [0.15, 0.2) is 4.34 Å². The van der Waals surface area contributed by atoms with E-state index in [0.717, 1.165) is 32.5 Å². The van der Waals surface area contributed by atoms with E-state index < -0.39 is 0 Å². The molecule has 1 aliphatic carbocycles. The molecule has 1 aromatic heterocycles. The Labute approximate surface area is 146 Å². The third kappa shape index (κ3) is 3.88. The molecule has 116 valence electrons. The Morgan fingerprint density at radius 3 is 2.73 bits per heavy atom. The number of benzene rings is 1. The summed E-state index contributed by atoms with van der Waals surface area (Å²) in [6.45, 7) is 1.89. The van der Waals surface area contributed by atoms with Crippen LogP contribution >= 0.6 is 39.0 Å². The van der Waals surface area contributed by atoms with Crippen molar-refractivity contribution in [3.8, 4) is 0 Å². The lowest BCUT2D eigenvalue weighted by Gasteiger charge is -2.17. The van der Waals surface area contributed by atoms with Crippen LogP contribution in [0.3, 0.4) is 0 Å². The van der Waals surface area contributed by atoms with Gasteiger partial charge in [-0.05, 0) is 30.5 Å². The van der Waals surface area contributed by atoms with E-state index in [4.69, 9.17) is 0 Å². The fraction of sp³-hybridized carbons (Fsp3) is 0.400. The third-order valence-electron chi connectivity index (χ3n) is 3.36. The van der Waals surface area contributed by atoms with Gasteiger partial charge in [0, 0.05) is 22.7 Å². The van der Waals surface area contributed by atoms with E-state index in [1.807, 2.05) is 24.0 Å². The summed E-state index contributed by atoms with van der Waals surface area (Å²) in [6.07, 6.45) is 2.66. The number of hydrogen-bond acceptors (Lipinski definition) is 5. The molecule has 0 spiro atoms. The first-order valence-corrected chi connectivity index (χ1v) is 9.79. The molecule has 0 N–H and O–H groups in total. The molecule has 0 unspecified atom stereocenters. The van der Waals surface area contributed by atoms with Gasteiger partial charge in [-0.15, -0.1) is 10.2 Å². The van der Waals surface area contributed by atoms with Crippen LogP contribution in [0.15, 0.2) is 33.1 Å². The molecule has 7 heteroatoms. The van der Waals surface area contributed by atoms with Crippen molar-refractivity contribution in [3.63, 3.8) is 0 Å². The summed E-state index contributed by atoms with van der Waals surface area (Å²) in [6, 6.07) is 8.60. The molecule has 1 saturated carbocycles. The second-order valence-electron chi connectivity index (χ2n) is 5.11. The predicted molar refractivity (Wildman–Crippen MR) is 94.4 cm³/mol. The van der Waals surface area contributed by atoms with E-state index in [1.165, 1.54) is 16.9 Å². The highest BCUT2D eigenvalue weighted by molar-refractivity contribution is 9.10. The molecular weight excluding hydrogens is 382 g/mol. The minimum Gasteiger partial charge on any atom is -0.284 e. The molecule has 2 aromatic rings. The van der Waals surface area contributed by atoms with Crippen LogP contribution in [-0.2, 0) is 10.5 Å². The first kappa shape index (κ1) is 16.0. The number of anilines is 1. The summed E-state index contributed by atoms with van der Waals surface area (Å²) >= 11 is 6.61. The van der Waals surface area contributed by atoms with Gasteiger partial charge in [-0.3, -0.25) is 9.69 Å². The van der Waals surface area contributed by atoms with E-state index in [-0.39, 0.29) is 5.91 Å². The van der Waals surface area contributed by atoms with Crippen molar-refractivity contribution < 1.29 is 4.79 Å². The lowest BCUT2D eigenvalue weighted by atomic mass is 10.2. The molecule has 1 fully saturated rings. The number of hydrogen-bond donors (Lipinski definition) is 0.